The fraction of sp³-hybridized carbons (Fsp3) is 0.296. The lowest BCUT2D eigenvalue weighted by molar-refractivity contribution is -0.139. The molecule has 1 aliphatic rings. The zero-order valence-corrected chi connectivity index (χ0v) is 19.3. The van der Waals surface area contributed by atoms with E-state index in [1.54, 1.807) is 22.8 Å². The van der Waals surface area contributed by atoms with Crippen LogP contribution in [0.3, 0.4) is 0 Å². The number of amides is 2. The third-order valence-corrected chi connectivity index (χ3v) is 6.47. The van der Waals surface area contributed by atoms with E-state index < -0.39 is 17.5 Å². The number of carbonyl (C=O) groups excluding carboxylic acids is 2. The Labute approximate surface area is 193 Å². The zero-order chi connectivity index (χ0) is 23.5. The minimum atomic E-state index is -0.669. The predicted octanol–water partition coefficient (Wildman–Crippen LogP) is 3.57. The fourth-order valence-electron chi connectivity index (χ4n) is 4.44. The highest BCUT2D eigenvalue weighted by molar-refractivity contribution is 5.98. The van der Waals surface area contributed by atoms with E-state index in [1.165, 1.54) is 0 Å². The molecule has 0 bridgehead atoms. The van der Waals surface area contributed by atoms with Crippen LogP contribution in [0.25, 0.3) is 11.1 Å². The van der Waals surface area contributed by atoms with Gasteiger partial charge in [0.2, 0.25) is 5.91 Å². The lowest BCUT2D eigenvalue weighted by Crippen LogP contribution is -2.59. The van der Waals surface area contributed by atoms with E-state index in [0.717, 1.165) is 27.9 Å². The van der Waals surface area contributed by atoms with Gasteiger partial charge < -0.3 is 14.8 Å². The van der Waals surface area contributed by atoms with E-state index in [2.05, 4.69) is 4.98 Å². The summed E-state index contributed by atoms with van der Waals surface area (Å²) < 4.78 is 0. The van der Waals surface area contributed by atoms with Crippen molar-refractivity contribution >= 4 is 11.8 Å². The van der Waals surface area contributed by atoms with Gasteiger partial charge in [-0.25, -0.2) is 0 Å². The van der Waals surface area contributed by atoms with Gasteiger partial charge in [-0.2, -0.15) is 0 Å². The Hall–Kier alpha value is -3.67. The van der Waals surface area contributed by atoms with Crippen molar-refractivity contribution in [1.82, 2.24) is 14.8 Å². The van der Waals surface area contributed by atoms with Crippen LogP contribution in [0.5, 0.6) is 0 Å². The molecule has 1 unspecified atom stereocenters. The van der Waals surface area contributed by atoms with E-state index in [9.17, 15) is 14.4 Å². The maximum Gasteiger partial charge on any atom is 0.261 e. The highest BCUT2D eigenvalue weighted by Crippen LogP contribution is 2.27. The second-order valence-electron chi connectivity index (χ2n) is 8.48. The number of pyridine rings is 1. The number of benzene rings is 2. The highest BCUT2D eigenvalue weighted by Gasteiger charge is 2.38. The lowest BCUT2D eigenvalue weighted by Gasteiger charge is -2.40. The maximum atomic E-state index is 13.5. The molecular formula is C27H29N3O3. The lowest BCUT2D eigenvalue weighted by atomic mass is 9.93. The van der Waals surface area contributed by atoms with E-state index in [4.69, 9.17) is 0 Å². The molecule has 1 aliphatic heterocycles. The number of hydrogen-bond acceptors (Lipinski definition) is 3. The summed E-state index contributed by atoms with van der Waals surface area (Å²) in [5.41, 5.74) is 4.32. The number of carbonyl (C=O) groups is 2. The van der Waals surface area contributed by atoms with Crippen molar-refractivity contribution < 1.29 is 9.59 Å². The zero-order valence-electron chi connectivity index (χ0n) is 19.3. The first kappa shape index (κ1) is 22.5. The van der Waals surface area contributed by atoms with Crippen molar-refractivity contribution in [3.63, 3.8) is 0 Å². The van der Waals surface area contributed by atoms with Gasteiger partial charge in [0.05, 0.1) is 0 Å². The molecule has 170 valence electrons. The van der Waals surface area contributed by atoms with Crippen LogP contribution in [-0.2, 0) is 11.2 Å². The van der Waals surface area contributed by atoms with Crippen LogP contribution in [0.4, 0.5) is 0 Å². The summed E-state index contributed by atoms with van der Waals surface area (Å²) in [7, 11) is 0. The van der Waals surface area contributed by atoms with E-state index in [-0.39, 0.29) is 11.5 Å². The number of hydrogen-bond donors (Lipinski definition) is 1. The SMILES string of the molecule is CCN1CCN(C(=O)c2cc(C)c(C)[nH]c2=O)C(Cc2ccccc2-c2ccccc2)C1=O. The number of nitrogens with one attached hydrogen (secondary N) is 1. The van der Waals surface area contributed by atoms with Crippen LogP contribution in [-0.4, -0.2) is 52.3 Å². The quantitative estimate of drug-likeness (QED) is 0.655. The van der Waals surface area contributed by atoms with Gasteiger partial charge in [-0.15, -0.1) is 0 Å². The van der Waals surface area contributed by atoms with Crippen LogP contribution in [0, 0.1) is 13.8 Å². The average Bonchev–Trinajstić information content (AvgIpc) is 2.83. The minimum Gasteiger partial charge on any atom is -0.339 e. The fourth-order valence-corrected chi connectivity index (χ4v) is 4.44. The number of aromatic nitrogens is 1. The number of nitrogens with zero attached hydrogens (tertiary/aromatic N) is 2. The first-order valence-corrected chi connectivity index (χ1v) is 11.3. The summed E-state index contributed by atoms with van der Waals surface area (Å²) in [6.07, 6.45) is 0.384. The Bertz CT molecular complexity index is 1230. The standard InChI is InChI=1S/C27H29N3O3/c1-4-29-14-15-30(26(32)23-16-18(2)19(3)28-25(23)31)24(27(29)33)17-21-12-8-9-13-22(21)20-10-6-5-7-11-20/h5-13,16,24H,4,14-15,17H2,1-3H3,(H,28,31). The molecule has 1 fully saturated rings. The van der Waals surface area contributed by atoms with Crippen molar-refractivity contribution in [3.8, 4) is 11.1 Å². The van der Waals surface area contributed by atoms with Gasteiger partial charge in [0.25, 0.3) is 11.5 Å². The molecule has 1 atom stereocenters. The molecule has 33 heavy (non-hydrogen) atoms. The van der Waals surface area contributed by atoms with Crippen LogP contribution >= 0.6 is 0 Å². The smallest absolute Gasteiger partial charge is 0.261 e. The van der Waals surface area contributed by atoms with Gasteiger partial charge in [0.1, 0.15) is 11.6 Å². The van der Waals surface area contributed by atoms with Crippen LogP contribution in [0.15, 0.2) is 65.5 Å². The molecule has 6 heteroatoms. The monoisotopic (exact) mass is 443 g/mol. The number of likely N-dealkylation sites (N-methyl/N-ethyl adjacent to an activating group) is 1. The molecule has 1 saturated heterocycles. The van der Waals surface area contributed by atoms with Gasteiger partial charge >= 0.3 is 0 Å². The summed E-state index contributed by atoms with van der Waals surface area (Å²) in [6.45, 7) is 7.04. The molecule has 0 spiro atoms. The molecule has 4 rings (SSSR count). The minimum absolute atomic E-state index is 0.0807. The first-order chi connectivity index (χ1) is 15.9. The van der Waals surface area contributed by atoms with Crippen LogP contribution in [0.1, 0.15) is 34.1 Å². The molecule has 2 heterocycles. The van der Waals surface area contributed by atoms with Gasteiger partial charge in [0, 0.05) is 31.7 Å². The predicted molar refractivity (Wildman–Crippen MR) is 129 cm³/mol. The largest absolute Gasteiger partial charge is 0.339 e. The van der Waals surface area contributed by atoms with Crippen LogP contribution < -0.4 is 5.56 Å². The van der Waals surface area contributed by atoms with Crippen LogP contribution in [0.2, 0.25) is 0 Å². The second kappa shape index (κ2) is 9.45. The third kappa shape index (κ3) is 4.46. The molecule has 0 aliphatic carbocycles. The molecule has 1 aromatic heterocycles. The van der Waals surface area contributed by atoms with Gasteiger partial charge in [-0.1, -0.05) is 54.6 Å². The molecule has 1 N–H and O–H groups in total. The van der Waals surface area contributed by atoms with Crippen molar-refractivity contribution in [2.24, 2.45) is 0 Å². The summed E-state index contributed by atoms with van der Waals surface area (Å²) in [6, 6.07) is 18.9. The van der Waals surface area contributed by atoms with Crippen molar-refractivity contribution in [2.45, 2.75) is 33.2 Å². The molecule has 2 aromatic carbocycles. The van der Waals surface area contributed by atoms with Gasteiger partial charge in [-0.3, -0.25) is 14.4 Å². The number of piperazine rings is 1. The second-order valence-corrected chi connectivity index (χ2v) is 8.48. The van der Waals surface area contributed by atoms with Crippen molar-refractivity contribution in [1.29, 1.82) is 0 Å². The Morgan fingerprint density at radius 1 is 1.00 bits per heavy atom. The van der Waals surface area contributed by atoms with E-state index in [1.807, 2.05) is 68.4 Å². The molecule has 6 nitrogen and oxygen atoms in total. The number of aryl methyl sites for hydroxylation is 2. The molecule has 0 radical (unpaired) electrons. The van der Waals surface area contributed by atoms with Crippen molar-refractivity contribution in [2.75, 3.05) is 19.6 Å². The summed E-state index contributed by atoms with van der Waals surface area (Å²) in [5.74, 6) is -0.481. The third-order valence-electron chi connectivity index (χ3n) is 6.47. The Kier molecular flexibility index (Phi) is 6.45. The highest BCUT2D eigenvalue weighted by atomic mass is 16.2. The average molecular weight is 444 g/mol. The number of aromatic amines is 1. The summed E-state index contributed by atoms with van der Waals surface area (Å²) >= 11 is 0. The topological polar surface area (TPSA) is 73.5 Å². The Morgan fingerprint density at radius 3 is 2.42 bits per heavy atom. The molecule has 0 saturated carbocycles. The molecule has 2 amide bonds. The van der Waals surface area contributed by atoms with Gasteiger partial charge in [-0.05, 0) is 49.1 Å². The maximum absolute atomic E-state index is 13.5. The molecular weight excluding hydrogens is 414 g/mol. The van der Waals surface area contributed by atoms with E-state index >= 15 is 0 Å². The van der Waals surface area contributed by atoms with Crippen molar-refractivity contribution in [3.05, 3.63) is 93.4 Å². The Balaban J connectivity index is 1.73. The first-order valence-electron chi connectivity index (χ1n) is 11.3. The normalized spacial score (nSPS) is 16.2. The van der Waals surface area contributed by atoms with Gasteiger partial charge in [0.15, 0.2) is 0 Å². The number of H-pyrrole nitrogens is 1. The van der Waals surface area contributed by atoms with E-state index in [0.29, 0.717) is 26.1 Å². The number of rotatable bonds is 5. The molecule has 3 aromatic rings. The Morgan fingerprint density at radius 2 is 1.70 bits per heavy atom. The summed E-state index contributed by atoms with van der Waals surface area (Å²) in [5, 5.41) is 0. The summed E-state index contributed by atoms with van der Waals surface area (Å²) in [4.78, 5) is 45.6.